The third-order valence-electron chi connectivity index (χ3n) is 4.83. The number of amides is 2. The molecule has 0 bridgehead atoms. The number of carbonyl (C=O) groups excluding carboxylic acids is 2. The summed E-state index contributed by atoms with van der Waals surface area (Å²) >= 11 is 1.29. The number of rotatable bonds is 4. The molecule has 10 nitrogen and oxygen atoms in total. The Bertz CT molecular complexity index is 784. The molecular formula is C18H25N3O7S. The van der Waals surface area contributed by atoms with E-state index in [9.17, 15) is 9.59 Å². The van der Waals surface area contributed by atoms with Crippen LogP contribution >= 0.6 is 11.3 Å². The van der Waals surface area contributed by atoms with Gasteiger partial charge in [0.05, 0.1) is 0 Å². The third kappa shape index (κ3) is 4.16. The molecule has 0 radical (unpaired) electrons. The maximum absolute atomic E-state index is 13.0. The van der Waals surface area contributed by atoms with Crippen molar-refractivity contribution in [2.75, 3.05) is 5.32 Å². The second kappa shape index (κ2) is 7.25. The van der Waals surface area contributed by atoms with Gasteiger partial charge in [-0.15, -0.1) is 11.3 Å². The van der Waals surface area contributed by atoms with Gasteiger partial charge in [0, 0.05) is 11.6 Å². The van der Waals surface area contributed by atoms with Crippen molar-refractivity contribution in [3.63, 3.8) is 0 Å². The average Bonchev–Trinajstić information content (AvgIpc) is 3.29. The maximum Gasteiger partial charge on any atom is 0.252 e. The van der Waals surface area contributed by atoms with E-state index >= 15 is 0 Å². The summed E-state index contributed by atoms with van der Waals surface area (Å²) in [6, 6.07) is -0.807. The summed E-state index contributed by atoms with van der Waals surface area (Å²) < 4.78 is 29.5. The predicted octanol–water partition coefficient (Wildman–Crippen LogP) is 0.983. The molecular weight excluding hydrogens is 402 g/mol. The van der Waals surface area contributed by atoms with E-state index in [0.29, 0.717) is 5.13 Å². The highest BCUT2D eigenvalue weighted by molar-refractivity contribution is 7.13. The summed E-state index contributed by atoms with van der Waals surface area (Å²) in [6.45, 7) is 8.65. The van der Waals surface area contributed by atoms with Gasteiger partial charge in [0.1, 0.15) is 24.4 Å². The fourth-order valence-electron chi connectivity index (χ4n) is 3.68. The standard InChI is InChI=1S/C18H25N3O7S/c1-8(13(22)21-16-19-6-7-29-16)20-14(23)11-9-10(26-17(2,3)25-9)12-15(24-11)28-18(4,5)27-12/h6-12,15H,1-5H3,(H,20,23)(H,19,21,22)/t8-,9+,10-,11+,12+,15+/m0/s1. The highest BCUT2D eigenvalue weighted by Crippen LogP contribution is 2.44. The molecule has 0 aromatic carbocycles. The lowest BCUT2D eigenvalue weighted by molar-refractivity contribution is -0.231. The van der Waals surface area contributed by atoms with Crippen LogP contribution in [0.1, 0.15) is 34.6 Å². The minimum atomic E-state index is -1.02. The Morgan fingerprint density at radius 1 is 1.07 bits per heavy atom. The first-order valence-electron chi connectivity index (χ1n) is 9.42. The van der Waals surface area contributed by atoms with E-state index in [0.717, 1.165) is 0 Å². The van der Waals surface area contributed by atoms with E-state index in [2.05, 4.69) is 15.6 Å². The number of aromatic nitrogens is 1. The van der Waals surface area contributed by atoms with Crippen LogP contribution in [-0.4, -0.2) is 65.1 Å². The number of fused-ring (bicyclic) bond motifs is 3. The van der Waals surface area contributed by atoms with E-state index in [1.165, 1.54) is 11.3 Å². The van der Waals surface area contributed by atoms with Crippen molar-refractivity contribution < 1.29 is 33.3 Å². The zero-order valence-electron chi connectivity index (χ0n) is 16.8. The maximum atomic E-state index is 13.0. The number of thiazole rings is 1. The van der Waals surface area contributed by atoms with Crippen LogP contribution < -0.4 is 10.6 Å². The van der Waals surface area contributed by atoms with Gasteiger partial charge in [0.15, 0.2) is 29.1 Å². The Morgan fingerprint density at radius 2 is 1.72 bits per heavy atom. The number of carbonyl (C=O) groups is 2. The van der Waals surface area contributed by atoms with Crippen molar-refractivity contribution >= 4 is 28.3 Å². The molecule has 160 valence electrons. The highest BCUT2D eigenvalue weighted by Gasteiger charge is 2.62. The normalized spacial score (nSPS) is 35.4. The van der Waals surface area contributed by atoms with Gasteiger partial charge in [-0.2, -0.15) is 0 Å². The second-order valence-electron chi connectivity index (χ2n) is 8.15. The quantitative estimate of drug-likeness (QED) is 0.730. The van der Waals surface area contributed by atoms with Crippen LogP contribution in [0.5, 0.6) is 0 Å². The SMILES string of the molecule is C[C@H](NC(=O)[C@@H]1O[C@@H]2OC(C)(C)O[C@@H]2[C@H]2OC(C)(C)O[C@H]21)C(=O)Nc1nccs1. The largest absolute Gasteiger partial charge is 0.342 e. The fraction of sp³-hybridized carbons (Fsp3) is 0.722. The molecule has 0 aliphatic carbocycles. The van der Waals surface area contributed by atoms with Gasteiger partial charge in [-0.25, -0.2) is 4.98 Å². The molecule has 0 spiro atoms. The minimum absolute atomic E-state index is 0.385. The van der Waals surface area contributed by atoms with E-state index in [1.807, 2.05) is 0 Å². The Kier molecular flexibility index (Phi) is 5.16. The highest BCUT2D eigenvalue weighted by atomic mass is 32.1. The number of ether oxygens (including phenoxy) is 5. The molecule has 6 atom stereocenters. The lowest BCUT2D eigenvalue weighted by atomic mass is 9.98. The lowest BCUT2D eigenvalue weighted by Crippen LogP contribution is -2.60. The van der Waals surface area contributed by atoms with Gasteiger partial charge in [0.2, 0.25) is 5.91 Å². The zero-order chi connectivity index (χ0) is 21.0. The molecule has 3 fully saturated rings. The first kappa shape index (κ1) is 20.6. The molecule has 3 aliphatic rings. The number of hydrogen-bond donors (Lipinski definition) is 2. The molecule has 1 aromatic rings. The van der Waals surface area contributed by atoms with Crippen molar-refractivity contribution in [3.8, 4) is 0 Å². The van der Waals surface area contributed by atoms with E-state index in [-0.39, 0.29) is 5.91 Å². The molecule has 1 aromatic heterocycles. The van der Waals surface area contributed by atoms with Crippen LogP contribution in [0.15, 0.2) is 11.6 Å². The summed E-state index contributed by atoms with van der Waals surface area (Å²) in [6.07, 6.45) is -1.97. The molecule has 2 N–H and O–H groups in total. The summed E-state index contributed by atoms with van der Waals surface area (Å²) in [7, 11) is 0. The van der Waals surface area contributed by atoms with Crippen molar-refractivity contribution in [1.29, 1.82) is 0 Å². The van der Waals surface area contributed by atoms with Crippen LogP contribution in [0.3, 0.4) is 0 Å². The van der Waals surface area contributed by atoms with Crippen LogP contribution in [0.2, 0.25) is 0 Å². The van der Waals surface area contributed by atoms with Gasteiger partial charge in [-0.3, -0.25) is 9.59 Å². The molecule has 2 amide bonds. The summed E-state index contributed by atoms with van der Waals surface area (Å²) in [5.41, 5.74) is 0. The molecule has 0 unspecified atom stereocenters. The van der Waals surface area contributed by atoms with Crippen LogP contribution in [-0.2, 0) is 33.3 Å². The molecule has 29 heavy (non-hydrogen) atoms. The van der Waals surface area contributed by atoms with Crippen molar-refractivity contribution in [3.05, 3.63) is 11.6 Å². The Labute approximate surface area is 172 Å². The fourth-order valence-corrected chi connectivity index (χ4v) is 4.22. The smallest absolute Gasteiger partial charge is 0.252 e. The molecule has 4 rings (SSSR count). The van der Waals surface area contributed by atoms with Gasteiger partial charge < -0.3 is 34.3 Å². The van der Waals surface area contributed by atoms with E-state index in [4.69, 9.17) is 23.7 Å². The van der Waals surface area contributed by atoms with Gasteiger partial charge in [-0.1, -0.05) is 0 Å². The lowest BCUT2D eigenvalue weighted by Gasteiger charge is -2.36. The minimum Gasteiger partial charge on any atom is -0.342 e. The number of hydrogen-bond acceptors (Lipinski definition) is 9. The number of nitrogens with one attached hydrogen (secondary N) is 2. The van der Waals surface area contributed by atoms with E-state index < -0.39 is 54.2 Å². The first-order chi connectivity index (χ1) is 13.5. The number of anilines is 1. The van der Waals surface area contributed by atoms with Gasteiger partial charge >= 0.3 is 0 Å². The molecule has 3 saturated heterocycles. The van der Waals surface area contributed by atoms with Crippen molar-refractivity contribution in [1.82, 2.24) is 10.3 Å². The zero-order valence-corrected chi connectivity index (χ0v) is 17.6. The van der Waals surface area contributed by atoms with Crippen molar-refractivity contribution in [2.45, 2.75) is 82.9 Å². The monoisotopic (exact) mass is 427 g/mol. The van der Waals surface area contributed by atoms with Crippen LogP contribution in [0.4, 0.5) is 5.13 Å². The summed E-state index contributed by atoms with van der Waals surface area (Å²) in [5, 5.41) is 7.53. The van der Waals surface area contributed by atoms with Crippen LogP contribution in [0.25, 0.3) is 0 Å². The van der Waals surface area contributed by atoms with Crippen molar-refractivity contribution in [2.24, 2.45) is 0 Å². The second-order valence-corrected chi connectivity index (χ2v) is 9.04. The van der Waals surface area contributed by atoms with Gasteiger partial charge in [-0.05, 0) is 34.6 Å². The summed E-state index contributed by atoms with van der Waals surface area (Å²) in [5.74, 6) is -2.66. The predicted molar refractivity (Wildman–Crippen MR) is 101 cm³/mol. The Balaban J connectivity index is 1.46. The Hall–Kier alpha value is -1.63. The molecule has 11 heteroatoms. The van der Waals surface area contributed by atoms with E-state index in [1.54, 1.807) is 46.2 Å². The Morgan fingerprint density at radius 3 is 2.41 bits per heavy atom. The molecule has 3 aliphatic heterocycles. The third-order valence-corrected chi connectivity index (χ3v) is 5.52. The topological polar surface area (TPSA) is 117 Å². The molecule has 4 heterocycles. The average molecular weight is 427 g/mol. The number of nitrogens with zero attached hydrogens (tertiary/aromatic N) is 1. The van der Waals surface area contributed by atoms with Gasteiger partial charge in [0.25, 0.3) is 5.91 Å². The molecule has 0 saturated carbocycles. The summed E-state index contributed by atoms with van der Waals surface area (Å²) in [4.78, 5) is 29.3. The first-order valence-corrected chi connectivity index (χ1v) is 10.3. The van der Waals surface area contributed by atoms with Crippen LogP contribution in [0, 0.1) is 0 Å².